The summed E-state index contributed by atoms with van der Waals surface area (Å²) in [4.78, 5) is 25.3. The van der Waals surface area contributed by atoms with Crippen molar-refractivity contribution >= 4 is 21.7 Å². The maximum atomic E-state index is 12.5. The molecule has 23 heavy (non-hydrogen) atoms. The molecule has 1 fully saturated rings. The second kappa shape index (κ2) is 6.70. The summed E-state index contributed by atoms with van der Waals surface area (Å²) in [7, 11) is -3.33. The van der Waals surface area contributed by atoms with Crippen molar-refractivity contribution in [1.29, 1.82) is 0 Å². The third kappa shape index (κ3) is 4.10. The number of carbonyl (C=O) groups excluding carboxylic acids is 1. The summed E-state index contributed by atoms with van der Waals surface area (Å²) in [5.41, 5.74) is 0.577. The topological polar surface area (TPSA) is 91.8 Å². The number of carbonyl (C=O) groups is 2. The predicted molar refractivity (Wildman–Crippen MR) is 84.8 cm³/mol. The number of amides is 1. The van der Waals surface area contributed by atoms with Crippen LogP contribution < -0.4 is 0 Å². The smallest absolute Gasteiger partial charge is 0.326 e. The van der Waals surface area contributed by atoms with E-state index in [1.54, 1.807) is 19.1 Å². The van der Waals surface area contributed by atoms with Crippen molar-refractivity contribution in [2.24, 2.45) is 0 Å². The highest BCUT2D eigenvalue weighted by Crippen LogP contribution is 2.29. The Kier molecular flexibility index (Phi) is 5.09. The van der Waals surface area contributed by atoms with Crippen LogP contribution in [0.2, 0.25) is 0 Å². The molecule has 1 saturated carbocycles. The molecule has 0 spiro atoms. The fraction of sp³-hybridized carbons (Fsp3) is 0.500. The Balaban J connectivity index is 2.19. The molecule has 1 unspecified atom stereocenters. The number of benzene rings is 1. The number of aliphatic carboxylic acids is 1. The molecule has 0 radical (unpaired) electrons. The van der Waals surface area contributed by atoms with Crippen LogP contribution in [0.15, 0.2) is 29.2 Å². The van der Waals surface area contributed by atoms with Crippen LogP contribution >= 0.6 is 0 Å². The Bertz CT molecular complexity index is 709. The van der Waals surface area contributed by atoms with Gasteiger partial charge in [-0.25, -0.2) is 13.2 Å². The van der Waals surface area contributed by atoms with Crippen molar-refractivity contribution < 1.29 is 23.1 Å². The fourth-order valence-corrected chi connectivity index (χ4v) is 3.44. The van der Waals surface area contributed by atoms with Crippen molar-refractivity contribution in [1.82, 2.24) is 4.90 Å². The zero-order valence-corrected chi connectivity index (χ0v) is 14.0. The zero-order chi connectivity index (χ0) is 17.2. The van der Waals surface area contributed by atoms with Crippen LogP contribution in [-0.4, -0.2) is 48.1 Å². The van der Waals surface area contributed by atoms with E-state index >= 15 is 0 Å². The number of nitrogens with zero attached hydrogens (tertiary/aromatic N) is 1. The second-order valence-corrected chi connectivity index (χ2v) is 8.05. The third-order valence-corrected chi connectivity index (χ3v) is 5.73. The standard InChI is InChI=1S/C16H21NO5S/c1-3-23(21,22)14-6-4-5-12(9-14)10-15(18)17(13-7-8-13)11(2)16(19)20/h4-6,9,11,13H,3,7-8,10H2,1-2H3,(H,19,20). The Morgan fingerprint density at radius 3 is 2.52 bits per heavy atom. The van der Waals surface area contributed by atoms with E-state index in [1.807, 2.05) is 0 Å². The largest absolute Gasteiger partial charge is 0.480 e. The van der Waals surface area contributed by atoms with Gasteiger partial charge in [0.05, 0.1) is 17.1 Å². The van der Waals surface area contributed by atoms with Gasteiger partial charge in [-0.15, -0.1) is 0 Å². The molecule has 1 aliphatic rings. The van der Waals surface area contributed by atoms with Gasteiger partial charge in [-0.05, 0) is 37.5 Å². The average molecular weight is 339 g/mol. The Labute approximate surface area is 136 Å². The Hall–Kier alpha value is -1.89. The van der Waals surface area contributed by atoms with Gasteiger partial charge in [0.25, 0.3) is 0 Å². The Morgan fingerprint density at radius 2 is 2.00 bits per heavy atom. The van der Waals surface area contributed by atoms with Crippen molar-refractivity contribution in [3.63, 3.8) is 0 Å². The summed E-state index contributed by atoms with van der Waals surface area (Å²) in [5, 5.41) is 9.15. The molecule has 1 amide bonds. The summed E-state index contributed by atoms with van der Waals surface area (Å²) in [5.74, 6) is -1.32. The summed E-state index contributed by atoms with van der Waals surface area (Å²) >= 11 is 0. The van der Waals surface area contributed by atoms with E-state index in [0.717, 1.165) is 12.8 Å². The molecule has 0 heterocycles. The quantitative estimate of drug-likeness (QED) is 0.812. The first-order valence-corrected chi connectivity index (χ1v) is 9.27. The van der Waals surface area contributed by atoms with Gasteiger partial charge in [0, 0.05) is 6.04 Å². The molecule has 1 aromatic rings. The number of hydrogen-bond donors (Lipinski definition) is 1. The first kappa shape index (κ1) is 17.5. The molecule has 0 aliphatic heterocycles. The minimum absolute atomic E-state index is 0.00118. The normalized spacial score (nSPS) is 15.9. The lowest BCUT2D eigenvalue weighted by Gasteiger charge is -2.26. The Morgan fingerprint density at radius 1 is 1.35 bits per heavy atom. The van der Waals surface area contributed by atoms with Crippen molar-refractivity contribution in [2.75, 3.05) is 5.75 Å². The van der Waals surface area contributed by atoms with E-state index in [0.29, 0.717) is 5.56 Å². The van der Waals surface area contributed by atoms with E-state index in [1.165, 1.54) is 24.0 Å². The van der Waals surface area contributed by atoms with E-state index in [2.05, 4.69) is 0 Å². The van der Waals surface area contributed by atoms with Crippen molar-refractivity contribution in [3.05, 3.63) is 29.8 Å². The molecular formula is C16H21NO5S. The van der Waals surface area contributed by atoms with Gasteiger partial charge in [-0.2, -0.15) is 0 Å². The van der Waals surface area contributed by atoms with Gasteiger partial charge in [-0.1, -0.05) is 19.1 Å². The van der Waals surface area contributed by atoms with Crippen LogP contribution in [-0.2, 0) is 25.8 Å². The first-order valence-electron chi connectivity index (χ1n) is 7.62. The first-order chi connectivity index (χ1) is 10.8. The molecule has 7 heteroatoms. The zero-order valence-electron chi connectivity index (χ0n) is 13.2. The molecule has 1 aromatic carbocycles. The number of carboxylic acids is 1. The highest BCUT2D eigenvalue weighted by Gasteiger charge is 2.38. The molecule has 126 valence electrons. The van der Waals surface area contributed by atoms with E-state index in [-0.39, 0.29) is 29.0 Å². The SMILES string of the molecule is CCS(=O)(=O)c1cccc(CC(=O)N(C2CC2)C(C)C(=O)O)c1. The van der Waals surface area contributed by atoms with Gasteiger partial charge in [0.2, 0.25) is 5.91 Å². The minimum Gasteiger partial charge on any atom is -0.480 e. The number of rotatable bonds is 7. The second-order valence-electron chi connectivity index (χ2n) is 5.77. The monoisotopic (exact) mass is 339 g/mol. The van der Waals surface area contributed by atoms with Crippen LogP contribution in [0, 0.1) is 0 Å². The number of sulfone groups is 1. The fourth-order valence-electron chi connectivity index (χ4n) is 2.49. The van der Waals surface area contributed by atoms with E-state index in [9.17, 15) is 18.0 Å². The maximum absolute atomic E-state index is 12.5. The molecule has 1 N–H and O–H groups in total. The van der Waals surface area contributed by atoms with E-state index in [4.69, 9.17) is 5.11 Å². The van der Waals surface area contributed by atoms with Gasteiger partial charge >= 0.3 is 5.97 Å². The average Bonchev–Trinajstić information content (AvgIpc) is 3.32. The summed E-state index contributed by atoms with van der Waals surface area (Å²) in [6.07, 6.45) is 1.63. The van der Waals surface area contributed by atoms with Gasteiger partial charge in [-0.3, -0.25) is 4.79 Å². The van der Waals surface area contributed by atoms with Crippen molar-refractivity contribution in [3.8, 4) is 0 Å². The highest BCUT2D eigenvalue weighted by molar-refractivity contribution is 7.91. The predicted octanol–water partition coefficient (Wildman–Crippen LogP) is 1.49. The molecule has 1 atom stereocenters. The molecule has 0 aromatic heterocycles. The minimum atomic E-state index is -3.33. The highest BCUT2D eigenvalue weighted by atomic mass is 32.2. The van der Waals surface area contributed by atoms with Crippen LogP contribution in [0.5, 0.6) is 0 Å². The molecular weight excluding hydrogens is 318 g/mol. The summed E-state index contributed by atoms with van der Waals surface area (Å²) in [6, 6.07) is 5.39. The molecule has 6 nitrogen and oxygen atoms in total. The van der Waals surface area contributed by atoms with Crippen LogP contribution in [0.4, 0.5) is 0 Å². The van der Waals surface area contributed by atoms with Crippen molar-refractivity contribution in [2.45, 2.75) is 50.1 Å². The van der Waals surface area contributed by atoms with Crippen LogP contribution in [0.1, 0.15) is 32.3 Å². The lowest BCUT2D eigenvalue weighted by atomic mass is 10.1. The molecule has 0 bridgehead atoms. The lowest BCUT2D eigenvalue weighted by Crippen LogP contribution is -2.45. The number of carboxylic acid groups (broad SMARTS) is 1. The number of hydrogen-bond acceptors (Lipinski definition) is 4. The van der Waals surface area contributed by atoms with Gasteiger partial charge in [0.1, 0.15) is 6.04 Å². The molecule has 0 saturated heterocycles. The van der Waals surface area contributed by atoms with E-state index < -0.39 is 21.8 Å². The summed E-state index contributed by atoms with van der Waals surface area (Å²) < 4.78 is 23.8. The van der Waals surface area contributed by atoms with Gasteiger partial charge in [0.15, 0.2) is 9.84 Å². The van der Waals surface area contributed by atoms with Crippen LogP contribution in [0.3, 0.4) is 0 Å². The third-order valence-electron chi connectivity index (χ3n) is 4.00. The lowest BCUT2D eigenvalue weighted by molar-refractivity contribution is -0.149. The molecule has 2 rings (SSSR count). The molecule has 1 aliphatic carbocycles. The maximum Gasteiger partial charge on any atom is 0.326 e. The van der Waals surface area contributed by atoms with Crippen LogP contribution in [0.25, 0.3) is 0 Å². The summed E-state index contributed by atoms with van der Waals surface area (Å²) in [6.45, 7) is 3.06. The van der Waals surface area contributed by atoms with Gasteiger partial charge < -0.3 is 10.0 Å².